The van der Waals surface area contributed by atoms with Gasteiger partial charge >= 0.3 is 0 Å². The molecule has 5 aromatic rings. The zero-order valence-corrected chi connectivity index (χ0v) is 19.0. The molecule has 0 unspecified atom stereocenters. The Hall–Kier alpha value is -4.91. The molecule has 0 amide bonds. The summed E-state index contributed by atoms with van der Waals surface area (Å²) >= 11 is 0. The minimum atomic E-state index is 0.429. The highest BCUT2D eigenvalue weighted by molar-refractivity contribution is 5.80. The third-order valence-corrected chi connectivity index (χ3v) is 5.32. The quantitative estimate of drug-likeness (QED) is 0.280. The average Bonchev–Trinajstić information content (AvgIpc) is 2.91. The second kappa shape index (κ2) is 10.4. The van der Waals surface area contributed by atoms with Crippen molar-refractivity contribution in [2.24, 2.45) is 0 Å². The Morgan fingerprint density at radius 3 is 2.11 bits per heavy atom. The van der Waals surface area contributed by atoms with Crippen LogP contribution in [0.5, 0.6) is 11.5 Å². The van der Waals surface area contributed by atoms with Crippen molar-refractivity contribution in [3.63, 3.8) is 0 Å². The smallest absolute Gasteiger partial charge is 0.163 e. The lowest BCUT2D eigenvalue weighted by atomic mass is 10.2. The Morgan fingerprint density at radius 1 is 0.714 bits per heavy atom. The van der Waals surface area contributed by atoms with Crippen LogP contribution < -0.4 is 20.7 Å². The summed E-state index contributed by atoms with van der Waals surface area (Å²) in [5.74, 6) is 3.36. The van der Waals surface area contributed by atoms with Crippen molar-refractivity contribution in [3.8, 4) is 11.5 Å². The lowest BCUT2D eigenvalue weighted by Gasteiger charge is -2.25. The van der Waals surface area contributed by atoms with Gasteiger partial charge in [0.25, 0.3) is 0 Å². The number of aromatic nitrogens is 3. The van der Waals surface area contributed by atoms with Crippen LogP contribution in [0.15, 0.2) is 116 Å². The first-order chi connectivity index (χ1) is 17.3. The lowest BCUT2D eigenvalue weighted by molar-refractivity contribution is 0.483. The fraction of sp³-hybridized carbons (Fsp3) is 0.0357. The van der Waals surface area contributed by atoms with Gasteiger partial charge in [-0.3, -0.25) is 0 Å². The molecule has 7 heteroatoms. The highest BCUT2D eigenvalue weighted by atomic mass is 16.5. The number of rotatable bonds is 8. The number of nitrogen functional groups attached to an aromatic ring is 1. The van der Waals surface area contributed by atoms with Crippen LogP contribution in [0.4, 0.5) is 28.8 Å². The van der Waals surface area contributed by atoms with Crippen LogP contribution in [-0.2, 0) is 6.54 Å². The van der Waals surface area contributed by atoms with E-state index in [9.17, 15) is 0 Å². The SMILES string of the molecule is Nc1c(Nc2ccc(Oc3ccccc3)cc2)ncnc1N(Cc1ccccc1)c1ccccn1. The molecule has 0 fully saturated rings. The van der Waals surface area contributed by atoms with E-state index in [2.05, 4.69) is 32.4 Å². The third kappa shape index (κ3) is 5.36. The maximum absolute atomic E-state index is 6.57. The minimum Gasteiger partial charge on any atom is -0.457 e. The van der Waals surface area contributed by atoms with Gasteiger partial charge in [-0.1, -0.05) is 54.6 Å². The number of nitrogens with one attached hydrogen (secondary N) is 1. The van der Waals surface area contributed by atoms with Gasteiger partial charge in [-0.05, 0) is 54.1 Å². The molecule has 2 heterocycles. The van der Waals surface area contributed by atoms with Gasteiger partial charge in [-0.2, -0.15) is 0 Å². The molecule has 0 aliphatic heterocycles. The first-order valence-electron chi connectivity index (χ1n) is 11.2. The number of nitrogens with zero attached hydrogens (tertiary/aromatic N) is 4. The van der Waals surface area contributed by atoms with Crippen LogP contribution >= 0.6 is 0 Å². The molecule has 5 rings (SSSR count). The van der Waals surface area contributed by atoms with Crippen molar-refractivity contribution in [1.82, 2.24) is 15.0 Å². The van der Waals surface area contributed by atoms with Crippen LogP contribution in [-0.4, -0.2) is 15.0 Å². The van der Waals surface area contributed by atoms with Gasteiger partial charge in [0.2, 0.25) is 0 Å². The molecule has 7 nitrogen and oxygen atoms in total. The monoisotopic (exact) mass is 460 g/mol. The maximum atomic E-state index is 6.57. The predicted octanol–water partition coefficient (Wildman–Crippen LogP) is 6.33. The number of ether oxygens (including phenoxy) is 1. The molecule has 0 atom stereocenters. The van der Waals surface area contributed by atoms with Crippen molar-refractivity contribution in [2.45, 2.75) is 6.54 Å². The lowest BCUT2D eigenvalue weighted by Crippen LogP contribution is -2.21. The van der Waals surface area contributed by atoms with Gasteiger partial charge in [0, 0.05) is 11.9 Å². The zero-order valence-electron chi connectivity index (χ0n) is 19.0. The molecule has 3 aromatic carbocycles. The van der Waals surface area contributed by atoms with Gasteiger partial charge in [0.1, 0.15) is 29.3 Å². The Balaban J connectivity index is 1.40. The molecular weight excluding hydrogens is 436 g/mol. The first kappa shape index (κ1) is 21.9. The van der Waals surface area contributed by atoms with Crippen molar-refractivity contribution >= 4 is 28.8 Å². The van der Waals surface area contributed by atoms with E-state index in [0.29, 0.717) is 23.9 Å². The van der Waals surface area contributed by atoms with E-state index >= 15 is 0 Å². The summed E-state index contributed by atoms with van der Waals surface area (Å²) in [6.07, 6.45) is 3.25. The van der Waals surface area contributed by atoms with E-state index in [0.717, 1.165) is 28.6 Å². The average molecular weight is 461 g/mol. The minimum absolute atomic E-state index is 0.429. The zero-order chi connectivity index (χ0) is 23.9. The molecule has 2 aromatic heterocycles. The second-order valence-electron chi connectivity index (χ2n) is 7.78. The maximum Gasteiger partial charge on any atom is 0.163 e. The molecule has 0 saturated carbocycles. The van der Waals surface area contributed by atoms with E-state index < -0.39 is 0 Å². The highest BCUT2D eigenvalue weighted by Gasteiger charge is 2.18. The fourth-order valence-electron chi connectivity index (χ4n) is 3.61. The number of pyridine rings is 1. The number of hydrogen-bond acceptors (Lipinski definition) is 7. The van der Waals surface area contributed by atoms with Gasteiger partial charge in [0.15, 0.2) is 11.6 Å². The van der Waals surface area contributed by atoms with Crippen LogP contribution in [0.2, 0.25) is 0 Å². The van der Waals surface area contributed by atoms with E-state index in [1.807, 2.05) is 95.9 Å². The van der Waals surface area contributed by atoms with Gasteiger partial charge in [-0.15, -0.1) is 0 Å². The molecule has 0 saturated heterocycles. The van der Waals surface area contributed by atoms with E-state index in [4.69, 9.17) is 10.5 Å². The molecule has 172 valence electrons. The number of hydrogen-bond donors (Lipinski definition) is 2. The Morgan fingerprint density at radius 2 is 1.40 bits per heavy atom. The first-order valence-corrected chi connectivity index (χ1v) is 11.2. The van der Waals surface area contributed by atoms with Gasteiger partial charge in [0.05, 0.1) is 6.54 Å². The normalized spacial score (nSPS) is 10.5. The van der Waals surface area contributed by atoms with Crippen molar-refractivity contribution < 1.29 is 4.74 Å². The summed E-state index contributed by atoms with van der Waals surface area (Å²) in [6.45, 7) is 0.560. The van der Waals surface area contributed by atoms with Crippen LogP contribution in [0, 0.1) is 0 Å². The van der Waals surface area contributed by atoms with Crippen molar-refractivity contribution in [2.75, 3.05) is 16.0 Å². The highest BCUT2D eigenvalue weighted by Crippen LogP contribution is 2.34. The van der Waals surface area contributed by atoms with Crippen LogP contribution in [0.3, 0.4) is 0 Å². The van der Waals surface area contributed by atoms with Crippen LogP contribution in [0.25, 0.3) is 0 Å². The summed E-state index contributed by atoms with van der Waals surface area (Å²) < 4.78 is 5.87. The molecule has 0 aliphatic rings. The summed E-state index contributed by atoms with van der Waals surface area (Å²) in [4.78, 5) is 15.4. The summed E-state index contributed by atoms with van der Waals surface area (Å²) in [7, 11) is 0. The number of para-hydroxylation sites is 1. The summed E-state index contributed by atoms with van der Waals surface area (Å²) in [5, 5.41) is 3.30. The van der Waals surface area contributed by atoms with Crippen LogP contribution in [0.1, 0.15) is 5.56 Å². The van der Waals surface area contributed by atoms with E-state index in [1.165, 1.54) is 6.33 Å². The Kier molecular flexibility index (Phi) is 6.48. The number of nitrogens with two attached hydrogens (primary N) is 1. The Bertz CT molecular complexity index is 1360. The Labute approximate surface area is 203 Å². The van der Waals surface area contributed by atoms with Gasteiger partial charge < -0.3 is 20.7 Å². The van der Waals surface area contributed by atoms with E-state index in [1.54, 1.807) is 6.20 Å². The summed E-state index contributed by atoms with van der Waals surface area (Å²) in [6, 6.07) is 33.2. The van der Waals surface area contributed by atoms with Crippen molar-refractivity contribution in [1.29, 1.82) is 0 Å². The molecule has 0 spiro atoms. The largest absolute Gasteiger partial charge is 0.457 e. The van der Waals surface area contributed by atoms with Crippen molar-refractivity contribution in [3.05, 3.63) is 121 Å². The number of anilines is 5. The predicted molar refractivity (Wildman–Crippen MR) is 139 cm³/mol. The molecule has 0 aliphatic carbocycles. The standard InChI is InChI=1S/C28H24N6O/c29-26-27(33-22-14-16-24(17-15-22)35-23-11-5-2-6-12-23)31-20-32-28(26)34(25-13-7-8-18-30-25)19-21-9-3-1-4-10-21/h1-18,20H,19,29H2,(H,31,32,33). The molecule has 3 N–H and O–H groups in total. The molecular formula is C28H24N6O. The molecule has 0 bridgehead atoms. The third-order valence-electron chi connectivity index (χ3n) is 5.32. The second-order valence-corrected chi connectivity index (χ2v) is 7.78. The molecule has 35 heavy (non-hydrogen) atoms. The van der Waals surface area contributed by atoms with E-state index in [-0.39, 0.29) is 0 Å². The fourth-order valence-corrected chi connectivity index (χ4v) is 3.61. The molecule has 0 radical (unpaired) electrons. The van der Waals surface area contributed by atoms with Gasteiger partial charge in [-0.25, -0.2) is 15.0 Å². The topological polar surface area (TPSA) is 89.2 Å². The summed E-state index contributed by atoms with van der Waals surface area (Å²) in [5.41, 5.74) is 8.94. The number of benzene rings is 3.